The molecule has 0 unspecified atom stereocenters. The van der Waals surface area contributed by atoms with Crippen molar-refractivity contribution in [3.8, 4) is 11.5 Å². The number of carboxylic acids is 1. The van der Waals surface area contributed by atoms with E-state index in [1.807, 2.05) is 18.2 Å². The lowest BCUT2D eigenvalue weighted by atomic mass is 10.2. The van der Waals surface area contributed by atoms with Crippen molar-refractivity contribution in [1.29, 1.82) is 0 Å². The maximum atomic E-state index is 10.7. The van der Waals surface area contributed by atoms with Gasteiger partial charge in [-0.05, 0) is 23.8 Å². The molecule has 112 valence electrons. The van der Waals surface area contributed by atoms with Gasteiger partial charge in [-0.25, -0.2) is 4.79 Å². The van der Waals surface area contributed by atoms with Crippen LogP contribution < -0.4 is 14.8 Å². The summed E-state index contributed by atoms with van der Waals surface area (Å²) in [5, 5.41) is 12.0. The van der Waals surface area contributed by atoms with Crippen LogP contribution in [0.3, 0.4) is 0 Å². The first-order valence-electron chi connectivity index (χ1n) is 6.36. The van der Waals surface area contributed by atoms with E-state index in [1.54, 1.807) is 14.2 Å². The number of aromatic carboxylic acids is 1. The fraction of sp³-hybridized carbons (Fsp3) is 0.267. The van der Waals surface area contributed by atoms with Crippen molar-refractivity contribution >= 4 is 5.97 Å². The molecule has 2 aromatic rings. The van der Waals surface area contributed by atoms with Crippen molar-refractivity contribution in [2.45, 2.75) is 13.1 Å². The number of carbonyl (C=O) groups is 1. The van der Waals surface area contributed by atoms with Gasteiger partial charge in [-0.15, -0.1) is 0 Å². The molecule has 0 radical (unpaired) electrons. The van der Waals surface area contributed by atoms with E-state index >= 15 is 0 Å². The Morgan fingerprint density at radius 3 is 2.57 bits per heavy atom. The number of nitrogens with one attached hydrogen (secondary N) is 1. The lowest BCUT2D eigenvalue weighted by molar-refractivity contribution is 0.0696. The van der Waals surface area contributed by atoms with Gasteiger partial charge in [0.15, 0.2) is 11.5 Å². The fourth-order valence-electron chi connectivity index (χ4n) is 1.91. The minimum atomic E-state index is -0.995. The number of benzene rings is 1. The molecule has 0 amide bonds. The molecule has 0 bridgehead atoms. The van der Waals surface area contributed by atoms with Crippen molar-refractivity contribution in [3.05, 3.63) is 47.4 Å². The Balaban J connectivity index is 1.92. The van der Waals surface area contributed by atoms with Crippen LogP contribution in [0.2, 0.25) is 0 Å². The van der Waals surface area contributed by atoms with E-state index in [9.17, 15) is 4.79 Å². The Morgan fingerprint density at radius 2 is 1.95 bits per heavy atom. The monoisotopic (exact) mass is 291 g/mol. The number of furan rings is 1. The van der Waals surface area contributed by atoms with E-state index in [0.717, 1.165) is 5.56 Å². The second-order valence-corrected chi connectivity index (χ2v) is 4.40. The summed E-state index contributed by atoms with van der Waals surface area (Å²) in [6, 6.07) is 7.16. The zero-order valence-electron chi connectivity index (χ0n) is 11.9. The molecule has 2 N–H and O–H groups in total. The van der Waals surface area contributed by atoms with Crippen molar-refractivity contribution in [2.75, 3.05) is 14.2 Å². The van der Waals surface area contributed by atoms with E-state index in [-0.39, 0.29) is 5.56 Å². The van der Waals surface area contributed by atoms with Gasteiger partial charge in [0.1, 0.15) is 12.0 Å². The molecule has 6 heteroatoms. The molecule has 0 atom stereocenters. The van der Waals surface area contributed by atoms with E-state index in [4.69, 9.17) is 19.0 Å². The van der Waals surface area contributed by atoms with Crippen LogP contribution in [-0.4, -0.2) is 25.3 Å². The molecule has 0 saturated heterocycles. The quantitative estimate of drug-likeness (QED) is 0.814. The van der Waals surface area contributed by atoms with Gasteiger partial charge >= 0.3 is 5.97 Å². The van der Waals surface area contributed by atoms with Gasteiger partial charge in [-0.2, -0.15) is 0 Å². The molecule has 1 aromatic carbocycles. The van der Waals surface area contributed by atoms with Gasteiger partial charge in [-0.1, -0.05) is 6.07 Å². The maximum Gasteiger partial charge on any atom is 0.338 e. The third kappa shape index (κ3) is 3.76. The normalized spacial score (nSPS) is 10.4. The first kappa shape index (κ1) is 14.9. The number of hydrogen-bond acceptors (Lipinski definition) is 5. The largest absolute Gasteiger partial charge is 0.493 e. The van der Waals surface area contributed by atoms with Crippen molar-refractivity contribution in [1.82, 2.24) is 5.32 Å². The first-order valence-corrected chi connectivity index (χ1v) is 6.36. The Bertz CT molecular complexity index is 620. The summed E-state index contributed by atoms with van der Waals surface area (Å²) < 4.78 is 15.6. The summed E-state index contributed by atoms with van der Waals surface area (Å²) in [5.74, 6) is 0.930. The van der Waals surface area contributed by atoms with Crippen molar-refractivity contribution < 1.29 is 23.8 Å². The molecule has 21 heavy (non-hydrogen) atoms. The van der Waals surface area contributed by atoms with Gasteiger partial charge in [0, 0.05) is 6.54 Å². The van der Waals surface area contributed by atoms with Gasteiger partial charge in [0.25, 0.3) is 0 Å². The molecular weight excluding hydrogens is 274 g/mol. The van der Waals surface area contributed by atoms with Crippen LogP contribution in [0, 0.1) is 0 Å². The Labute approximate surface area is 122 Å². The summed E-state index contributed by atoms with van der Waals surface area (Å²) in [6.45, 7) is 1.05. The van der Waals surface area contributed by atoms with Gasteiger partial charge in [-0.3, -0.25) is 0 Å². The van der Waals surface area contributed by atoms with Crippen molar-refractivity contribution in [2.24, 2.45) is 0 Å². The van der Waals surface area contributed by atoms with Crippen LogP contribution in [0.4, 0.5) is 0 Å². The number of hydrogen-bond donors (Lipinski definition) is 2. The van der Waals surface area contributed by atoms with Crippen LogP contribution in [0.15, 0.2) is 34.9 Å². The number of carboxylic acid groups (broad SMARTS) is 1. The predicted octanol–water partition coefficient (Wildman–Crippen LogP) is 2.28. The standard InChI is InChI=1S/C15H17NO5/c1-19-13-4-3-10(5-14(13)20-2)7-16-8-12-6-11(9-21-12)15(17)18/h3-6,9,16H,7-8H2,1-2H3,(H,17,18). The topological polar surface area (TPSA) is 80.9 Å². The van der Waals surface area contributed by atoms with Crippen molar-refractivity contribution in [3.63, 3.8) is 0 Å². The lowest BCUT2D eigenvalue weighted by Gasteiger charge is -2.09. The molecule has 1 aromatic heterocycles. The fourth-order valence-corrected chi connectivity index (χ4v) is 1.91. The van der Waals surface area contributed by atoms with Crippen LogP contribution in [0.5, 0.6) is 11.5 Å². The molecule has 1 heterocycles. The molecule has 0 fully saturated rings. The van der Waals surface area contributed by atoms with Gasteiger partial charge < -0.3 is 24.3 Å². The van der Waals surface area contributed by atoms with Crippen LogP contribution in [0.25, 0.3) is 0 Å². The van der Waals surface area contributed by atoms with Crippen LogP contribution in [0.1, 0.15) is 21.7 Å². The minimum Gasteiger partial charge on any atom is -0.493 e. The highest BCUT2D eigenvalue weighted by atomic mass is 16.5. The molecule has 0 aliphatic carbocycles. The highest BCUT2D eigenvalue weighted by Gasteiger charge is 2.08. The molecule has 0 aliphatic rings. The highest BCUT2D eigenvalue weighted by Crippen LogP contribution is 2.27. The summed E-state index contributed by atoms with van der Waals surface area (Å²) in [5.41, 5.74) is 1.18. The molecule has 0 spiro atoms. The number of methoxy groups -OCH3 is 2. The zero-order valence-corrected chi connectivity index (χ0v) is 11.9. The Morgan fingerprint density at radius 1 is 1.19 bits per heavy atom. The van der Waals surface area contributed by atoms with E-state index < -0.39 is 5.97 Å². The second kappa shape index (κ2) is 6.81. The molecule has 0 saturated carbocycles. The third-order valence-electron chi connectivity index (χ3n) is 2.98. The SMILES string of the molecule is COc1ccc(CNCc2cc(C(=O)O)co2)cc1OC. The van der Waals surface area contributed by atoms with E-state index in [2.05, 4.69) is 5.32 Å². The Hall–Kier alpha value is -2.47. The van der Waals surface area contributed by atoms with E-state index in [0.29, 0.717) is 30.3 Å². The Kier molecular flexibility index (Phi) is 4.84. The average Bonchev–Trinajstić information content (AvgIpc) is 2.96. The number of rotatable bonds is 7. The van der Waals surface area contributed by atoms with E-state index in [1.165, 1.54) is 12.3 Å². The third-order valence-corrected chi connectivity index (χ3v) is 2.98. The summed E-state index contributed by atoms with van der Waals surface area (Å²) in [6.07, 6.45) is 1.23. The van der Waals surface area contributed by atoms with Crippen LogP contribution >= 0.6 is 0 Å². The zero-order chi connectivity index (χ0) is 15.2. The predicted molar refractivity (Wildman–Crippen MR) is 75.8 cm³/mol. The van der Waals surface area contributed by atoms with Crippen LogP contribution in [-0.2, 0) is 13.1 Å². The molecule has 6 nitrogen and oxygen atoms in total. The lowest BCUT2D eigenvalue weighted by Crippen LogP contribution is -2.12. The molecule has 2 rings (SSSR count). The second-order valence-electron chi connectivity index (χ2n) is 4.40. The molecule has 0 aliphatic heterocycles. The smallest absolute Gasteiger partial charge is 0.338 e. The summed E-state index contributed by atoms with van der Waals surface area (Å²) in [7, 11) is 3.18. The minimum absolute atomic E-state index is 0.151. The summed E-state index contributed by atoms with van der Waals surface area (Å²) in [4.78, 5) is 10.7. The number of ether oxygens (including phenoxy) is 2. The summed E-state index contributed by atoms with van der Waals surface area (Å²) >= 11 is 0. The first-order chi connectivity index (χ1) is 10.1. The highest BCUT2D eigenvalue weighted by molar-refractivity contribution is 5.87. The average molecular weight is 291 g/mol. The van der Waals surface area contributed by atoms with Gasteiger partial charge in [0.05, 0.1) is 26.3 Å². The van der Waals surface area contributed by atoms with Gasteiger partial charge in [0.2, 0.25) is 0 Å². The maximum absolute atomic E-state index is 10.7. The molecular formula is C15H17NO5.